The molecule has 1 aliphatic heterocycles. The van der Waals surface area contributed by atoms with Crippen LogP contribution in [-0.4, -0.2) is 48.6 Å². The van der Waals surface area contributed by atoms with E-state index in [2.05, 4.69) is 16.7 Å². The Bertz CT molecular complexity index is 1280. The quantitative estimate of drug-likeness (QED) is 0.460. The van der Waals surface area contributed by atoms with E-state index in [9.17, 15) is 18.0 Å². The largest absolute Gasteiger partial charge is 0.350 e. The highest BCUT2D eigenvalue weighted by Gasteiger charge is 2.42. The van der Waals surface area contributed by atoms with Crippen molar-refractivity contribution >= 4 is 27.6 Å². The van der Waals surface area contributed by atoms with Gasteiger partial charge in [-0.3, -0.25) is 19.9 Å². The van der Waals surface area contributed by atoms with Crippen LogP contribution in [-0.2, 0) is 21.1 Å². The van der Waals surface area contributed by atoms with E-state index in [1.807, 2.05) is 32.0 Å². The predicted molar refractivity (Wildman–Crippen MR) is 144 cm³/mol. The van der Waals surface area contributed by atoms with E-state index in [1.165, 1.54) is 10.5 Å². The molecule has 1 fully saturated rings. The number of nitrogens with one attached hydrogen (secondary N) is 3. The van der Waals surface area contributed by atoms with Gasteiger partial charge in [-0.1, -0.05) is 50.2 Å². The van der Waals surface area contributed by atoms with Gasteiger partial charge in [0.05, 0.1) is 24.3 Å². The second kappa shape index (κ2) is 10.7. The Kier molecular flexibility index (Phi) is 7.73. The Balaban J connectivity index is 1.61. The van der Waals surface area contributed by atoms with Gasteiger partial charge in [0.1, 0.15) is 9.84 Å². The first kappa shape index (κ1) is 26.9. The molecular formula is C28H36N4O4S. The van der Waals surface area contributed by atoms with Crippen molar-refractivity contribution in [2.24, 2.45) is 0 Å². The van der Waals surface area contributed by atoms with E-state index in [0.717, 1.165) is 24.7 Å². The summed E-state index contributed by atoms with van der Waals surface area (Å²) in [6.45, 7) is 3.97. The monoisotopic (exact) mass is 524 g/mol. The maximum absolute atomic E-state index is 13.4. The van der Waals surface area contributed by atoms with Gasteiger partial charge in [-0.05, 0) is 60.9 Å². The summed E-state index contributed by atoms with van der Waals surface area (Å²) in [6.07, 6.45) is 4.65. The van der Waals surface area contributed by atoms with Crippen molar-refractivity contribution in [3.63, 3.8) is 0 Å². The normalized spacial score (nSPS) is 19.8. The molecule has 8 nitrogen and oxygen atoms in total. The molecule has 0 aromatic heterocycles. The molecule has 1 unspecified atom stereocenters. The number of fused-ring (bicyclic) bond motifs is 1. The zero-order valence-corrected chi connectivity index (χ0v) is 22.5. The van der Waals surface area contributed by atoms with Gasteiger partial charge in [0, 0.05) is 17.4 Å². The Morgan fingerprint density at radius 1 is 1.19 bits per heavy atom. The van der Waals surface area contributed by atoms with Gasteiger partial charge in [-0.25, -0.2) is 8.42 Å². The van der Waals surface area contributed by atoms with Crippen LogP contribution in [0.1, 0.15) is 85.1 Å². The fourth-order valence-corrected chi connectivity index (χ4v) is 6.12. The van der Waals surface area contributed by atoms with Gasteiger partial charge in [0.2, 0.25) is 5.91 Å². The van der Waals surface area contributed by atoms with Crippen molar-refractivity contribution in [2.75, 3.05) is 12.0 Å². The van der Waals surface area contributed by atoms with Crippen LogP contribution in [0.5, 0.6) is 0 Å². The summed E-state index contributed by atoms with van der Waals surface area (Å²) in [6, 6.07) is 14.3. The third-order valence-corrected chi connectivity index (χ3v) is 8.76. The van der Waals surface area contributed by atoms with Crippen LogP contribution in [0, 0.1) is 5.41 Å². The van der Waals surface area contributed by atoms with Crippen LogP contribution in [0.3, 0.4) is 0 Å². The number of guanidine groups is 1. The summed E-state index contributed by atoms with van der Waals surface area (Å²) in [7, 11) is -3.31. The number of carbonyl (C=O) groups excluding carboxylic acids is 2. The summed E-state index contributed by atoms with van der Waals surface area (Å²) >= 11 is 0. The molecule has 1 aliphatic carbocycles. The first-order chi connectivity index (χ1) is 17.6. The summed E-state index contributed by atoms with van der Waals surface area (Å²) in [5.41, 5.74) is 2.96. The molecule has 1 saturated heterocycles. The molecule has 0 radical (unpaired) electrons. The highest BCUT2D eigenvalue weighted by Crippen LogP contribution is 2.34. The van der Waals surface area contributed by atoms with Crippen molar-refractivity contribution in [3.8, 4) is 0 Å². The molecule has 0 spiro atoms. The van der Waals surface area contributed by atoms with Crippen molar-refractivity contribution in [2.45, 2.75) is 70.0 Å². The number of aryl methyl sites for hydroxylation is 1. The second-order valence-electron chi connectivity index (χ2n) is 10.2. The van der Waals surface area contributed by atoms with Gasteiger partial charge < -0.3 is 10.6 Å². The standard InChI is InChI=1S/C28H36N4O4S/c1-4-28(5-2)18-25(33)32(27(29)31-28)24(15-16-37(3,35)36)20-10-8-11-21(17-20)26(34)30-23-14-13-19-9-6-7-12-22(19)23/h6-12,17,23-24H,4-5,13-16,18H2,1-3H3,(H2,29,31)(H,30,34)/t23-,24?/m0/s1. The average Bonchev–Trinajstić information content (AvgIpc) is 3.27. The van der Waals surface area contributed by atoms with E-state index in [-0.39, 0.29) is 42.4 Å². The molecule has 198 valence electrons. The lowest BCUT2D eigenvalue weighted by Crippen LogP contribution is -2.62. The highest BCUT2D eigenvalue weighted by molar-refractivity contribution is 7.90. The number of hydrogen-bond donors (Lipinski definition) is 3. The molecule has 4 rings (SSSR count). The predicted octanol–water partition coefficient (Wildman–Crippen LogP) is 3.90. The van der Waals surface area contributed by atoms with E-state index < -0.39 is 21.4 Å². The first-order valence-electron chi connectivity index (χ1n) is 12.9. The number of carbonyl (C=O) groups is 2. The molecule has 9 heteroatoms. The number of sulfone groups is 1. The van der Waals surface area contributed by atoms with Crippen molar-refractivity contribution in [1.82, 2.24) is 15.5 Å². The third-order valence-electron chi connectivity index (χ3n) is 7.78. The molecule has 2 aromatic carbocycles. The zero-order valence-electron chi connectivity index (χ0n) is 21.7. The second-order valence-corrected chi connectivity index (χ2v) is 12.5. The van der Waals surface area contributed by atoms with Gasteiger partial charge in [0.15, 0.2) is 5.96 Å². The summed E-state index contributed by atoms with van der Waals surface area (Å²) in [5, 5.41) is 15.0. The molecule has 1 heterocycles. The third kappa shape index (κ3) is 5.87. The zero-order chi connectivity index (χ0) is 26.8. The van der Waals surface area contributed by atoms with Crippen molar-refractivity contribution in [1.29, 1.82) is 5.41 Å². The minimum atomic E-state index is -3.31. The van der Waals surface area contributed by atoms with Gasteiger partial charge in [-0.15, -0.1) is 0 Å². The lowest BCUT2D eigenvalue weighted by atomic mass is 9.86. The number of amides is 2. The van der Waals surface area contributed by atoms with Crippen LogP contribution in [0.25, 0.3) is 0 Å². The summed E-state index contributed by atoms with van der Waals surface area (Å²) in [5.74, 6) is -0.615. The topological polar surface area (TPSA) is 119 Å². The average molecular weight is 525 g/mol. The van der Waals surface area contributed by atoms with Crippen LogP contribution < -0.4 is 10.6 Å². The van der Waals surface area contributed by atoms with Gasteiger partial charge in [0.25, 0.3) is 5.91 Å². The minimum Gasteiger partial charge on any atom is -0.350 e. The summed E-state index contributed by atoms with van der Waals surface area (Å²) < 4.78 is 24.1. The van der Waals surface area contributed by atoms with Crippen LogP contribution in [0.2, 0.25) is 0 Å². The number of hydrogen-bond acceptors (Lipinski definition) is 5. The smallest absolute Gasteiger partial charge is 0.251 e. The van der Waals surface area contributed by atoms with Gasteiger partial charge >= 0.3 is 0 Å². The number of benzene rings is 2. The Hall–Kier alpha value is -3.20. The molecule has 2 aromatic rings. The fourth-order valence-electron chi connectivity index (χ4n) is 5.47. The van der Waals surface area contributed by atoms with E-state index in [1.54, 1.807) is 24.3 Å². The minimum absolute atomic E-state index is 0.0316. The molecule has 37 heavy (non-hydrogen) atoms. The first-order valence-corrected chi connectivity index (χ1v) is 15.0. The van der Waals surface area contributed by atoms with E-state index in [4.69, 9.17) is 5.41 Å². The van der Waals surface area contributed by atoms with Crippen LogP contribution in [0.4, 0.5) is 0 Å². The Morgan fingerprint density at radius 3 is 2.59 bits per heavy atom. The van der Waals surface area contributed by atoms with Gasteiger partial charge in [-0.2, -0.15) is 0 Å². The lowest BCUT2D eigenvalue weighted by molar-refractivity contribution is -0.132. The van der Waals surface area contributed by atoms with E-state index in [0.29, 0.717) is 24.0 Å². The number of nitrogens with zero attached hydrogens (tertiary/aromatic N) is 1. The fraction of sp³-hybridized carbons (Fsp3) is 0.464. The summed E-state index contributed by atoms with van der Waals surface area (Å²) in [4.78, 5) is 27.9. The number of rotatable bonds is 9. The molecule has 2 aliphatic rings. The van der Waals surface area contributed by atoms with E-state index >= 15 is 0 Å². The highest BCUT2D eigenvalue weighted by atomic mass is 32.2. The lowest BCUT2D eigenvalue weighted by Gasteiger charge is -2.45. The molecular weight excluding hydrogens is 488 g/mol. The van der Waals surface area contributed by atoms with Crippen LogP contribution >= 0.6 is 0 Å². The SMILES string of the molecule is CCC1(CC)CC(=O)N(C(CCS(C)(=O)=O)c2cccc(C(=O)N[C@H]3CCc4ccccc43)c2)C(=N)N1. The van der Waals surface area contributed by atoms with Crippen molar-refractivity contribution in [3.05, 3.63) is 70.8 Å². The Labute approximate surface area is 219 Å². The maximum atomic E-state index is 13.4. The molecule has 2 atom stereocenters. The Morgan fingerprint density at radius 2 is 1.92 bits per heavy atom. The molecule has 0 bridgehead atoms. The van der Waals surface area contributed by atoms with Crippen molar-refractivity contribution < 1.29 is 18.0 Å². The molecule has 2 amide bonds. The molecule has 3 N–H and O–H groups in total. The molecule has 0 saturated carbocycles. The maximum Gasteiger partial charge on any atom is 0.251 e. The van der Waals surface area contributed by atoms with Crippen LogP contribution in [0.15, 0.2) is 48.5 Å².